The van der Waals surface area contributed by atoms with E-state index in [0.717, 1.165) is 12.0 Å². The lowest BCUT2D eigenvalue weighted by molar-refractivity contribution is 0.310. The van der Waals surface area contributed by atoms with Crippen molar-refractivity contribution < 1.29 is 0 Å². The van der Waals surface area contributed by atoms with Crippen LogP contribution in [0.3, 0.4) is 0 Å². The first-order chi connectivity index (χ1) is 7.34. The lowest BCUT2D eigenvalue weighted by Crippen LogP contribution is -2.32. The molecule has 2 atom stereocenters. The van der Waals surface area contributed by atoms with Gasteiger partial charge in [0.2, 0.25) is 0 Å². The van der Waals surface area contributed by atoms with Crippen molar-refractivity contribution in [3.63, 3.8) is 0 Å². The van der Waals surface area contributed by atoms with E-state index in [1.807, 2.05) is 0 Å². The van der Waals surface area contributed by atoms with Crippen LogP contribution in [0.5, 0.6) is 0 Å². The third-order valence-corrected chi connectivity index (χ3v) is 3.95. The molecule has 2 heterocycles. The third-order valence-electron chi connectivity index (χ3n) is 3.95. The van der Waals surface area contributed by atoms with Crippen molar-refractivity contribution in [1.29, 1.82) is 0 Å². The molecule has 2 heteroatoms. The average molecular weight is 202 g/mol. The maximum Gasteiger partial charge on any atom is 0.0366 e. The van der Waals surface area contributed by atoms with Crippen LogP contribution in [0.25, 0.3) is 0 Å². The molecule has 0 aromatic heterocycles. The molecule has 0 radical (unpaired) electrons. The molecule has 2 aliphatic heterocycles. The van der Waals surface area contributed by atoms with Crippen molar-refractivity contribution in [2.24, 2.45) is 5.92 Å². The number of rotatable bonds is 1. The summed E-state index contributed by atoms with van der Waals surface area (Å²) in [5.74, 6) is 0.898. The van der Waals surface area contributed by atoms with Crippen molar-refractivity contribution in [2.45, 2.75) is 12.5 Å². The summed E-state index contributed by atoms with van der Waals surface area (Å²) >= 11 is 0. The predicted octanol–water partition coefficient (Wildman–Crippen LogP) is 1.83. The molecule has 0 saturated carbocycles. The van der Waals surface area contributed by atoms with Gasteiger partial charge in [-0.2, -0.15) is 0 Å². The first-order valence-electron chi connectivity index (χ1n) is 5.85. The number of likely N-dealkylation sites (tertiary alicyclic amines) is 1. The van der Waals surface area contributed by atoms with Gasteiger partial charge in [-0.1, -0.05) is 18.2 Å². The van der Waals surface area contributed by atoms with E-state index < -0.39 is 0 Å². The SMILES string of the molecule is CN1CCC2CN(c3ccccc3)CC21. The highest BCUT2D eigenvalue weighted by Gasteiger charge is 2.39. The van der Waals surface area contributed by atoms with Crippen LogP contribution in [0, 0.1) is 5.92 Å². The Morgan fingerprint density at radius 2 is 1.93 bits per heavy atom. The highest BCUT2D eigenvalue weighted by atomic mass is 15.3. The monoisotopic (exact) mass is 202 g/mol. The summed E-state index contributed by atoms with van der Waals surface area (Å²) in [6, 6.07) is 11.6. The summed E-state index contributed by atoms with van der Waals surface area (Å²) in [6.07, 6.45) is 1.38. The van der Waals surface area contributed by atoms with E-state index in [9.17, 15) is 0 Å². The minimum absolute atomic E-state index is 0.796. The fraction of sp³-hybridized carbons (Fsp3) is 0.538. The van der Waals surface area contributed by atoms with E-state index in [1.54, 1.807) is 0 Å². The Bertz CT molecular complexity index is 336. The number of nitrogens with zero attached hydrogens (tertiary/aromatic N) is 2. The molecule has 2 unspecified atom stereocenters. The molecular formula is C13H18N2. The van der Waals surface area contributed by atoms with E-state index in [4.69, 9.17) is 0 Å². The van der Waals surface area contributed by atoms with Crippen LogP contribution >= 0.6 is 0 Å². The Kier molecular flexibility index (Phi) is 2.17. The average Bonchev–Trinajstić information content (AvgIpc) is 2.83. The van der Waals surface area contributed by atoms with Gasteiger partial charge < -0.3 is 9.80 Å². The molecule has 0 bridgehead atoms. The van der Waals surface area contributed by atoms with Crippen LogP contribution in [0.1, 0.15) is 6.42 Å². The molecule has 3 rings (SSSR count). The molecule has 0 amide bonds. The molecule has 2 fully saturated rings. The van der Waals surface area contributed by atoms with Gasteiger partial charge in [-0.15, -0.1) is 0 Å². The second-order valence-electron chi connectivity index (χ2n) is 4.84. The Labute approximate surface area is 91.5 Å². The number of para-hydroxylation sites is 1. The third kappa shape index (κ3) is 1.53. The number of likely N-dealkylation sites (N-methyl/N-ethyl adjacent to an activating group) is 1. The quantitative estimate of drug-likeness (QED) is 0.685. The van der Waals surface area contributed by atoms with E-state index in [1.165, 1.54) is 31.7 Å². The molecule has 0 N–H and O–H groups in total. The lowest BCUT2D eigenvalue weighted by atomic mass is 10.1. The maximum atomic E-state index is 2.53. The zero-order valence-corrected chi connectivity index (χ0v) is 9.26. The van der Waals surface area contributed by atoms with E-state index in [-0.39, 0.29) is 0 Å². The van der Waals surface area contributed by atoms with Gasteiger partial charge in [-0.05, 0) is 38.1 Å². The zero-order valence-electron chi connectivity index (χ0n) is 9.26. The van der Waals surface area contributed by atoms with Crippen molar-refractivity contribution in [3.8, 4) is 0 Å². The maximum absolute atomic E-state index is 2.53. The molecular weight excluding hydrogens is 184 g/mol. The van der Waals surface area contributed by atoms with Crippen molar-refractivity contribution in [3.05, 3.63) is 30.3 Å². The molecule has 0 aliphatic carbocycles. The Morgan fingerprint density at radius 1 is 1.13 bits per heavy atom. The van der Waals surface area contributed by atoms with Gasteiger partial charge in [0.05, 0.1) is 0 Å². The molecule has 80 valence electrons. The molecule has 1 aromatic rings. The largest absolute Gasteiger partial charge is 0.370 e. The minimum atomic E-state index is 0.796. The van der Waals surface area contributed by atoms with Crippen LogP contribution in [0.2, 0.25) is 0 Å². The number of benzene rings is 1. The summed E-state index contributed by atoms with van der Waals surface area (Å²) in [6.45, 7) is 3.75. The molecule has 0 spiro atoms. The second kappa shape index (κ2) is 3.53. The number of hydrogen-bond donors (Lipinski definition) is 0. The molecule has 1 aromatic carbocycles. The van der Waals surface area contributed by atoms with Gasteiger partial charge in [0.15, 0.2) is 0 Å². The molecule has 2 nitrogen and oxygen atoms in total. The van der Waals surface area contributed by atoms with Crippen LogP contribution in [-0.4, -0.2) is 37.6 Å². The van der Waals surface area contributed by atoms with E-state index in [2.05, 4.69) is 47.2 Å². The van der Waals surface area contributed by atoms with Crippen molar-refractivity contribution in [1.82, 2.24) is 4.90 Å². The first kappa shape index (κ1) is 9.22. The fourth-order valence-electron chi connectivity index (χ4n) is 3.02. The Balaban J connectivity index is 1.77. The van der Waals surface area contributed by atoms with E-state index in [0.29, 0.717) is 0 Å². The lowest BCUT2D eigenvalue weighted by Gasteiger charge is -2.22. The van der Waals surface area contributed by atoms with Gasteiger partial charge in [0.25, 0.3) is 0 Å². The van der Waals surface area contributed by atoms with Crippen LogP contribution in [-0.2, 0) is 0 Å². The summed E-state index contributed by atoms with van der Waals surface area (Å²) < 4.78 is 0. The molecule has 15 heavy (non-hydrogen) atoms. The Morgan fingerprint density at radius 3 is 2.67 bits per heavy atom. The summed E-state index contributed by atoms with van der Waals surface area (Å²) in [5.41, 5.74) is 1.39. The Hall–Kier alpha value is -1.02. The topological polar surface area (TPSA) is 6.48 Å². The highest BCUT2D eigenvalue weighted by Crippen LogP contribution is 2.32. The van der Waals surface area contributed by atoms with Gasteiger partial charge in [0.1, 0.15) is 0 Å². The minimum Gasteiger partial charge on any atom is -0.370 e. The smallest absolute Gasteiger partial charge is 0.0366 e. The second-order valence-corrected chi connectivity index (χ2v) is 4.84. The fourth-order valence-corrected chi connectivity index (χ4v) is 3.02. The standard InChI is InChI=1S/C13H18N2/c1-14-8-7-11-9-15(10-13(11)14)12-5-3-2-4-6-12/h2-6,11,13H,7-10H2,1H3. The van der Waals surface area contributed by atoms with Gasteiger partial charge in [0, 0.05) is 24.8 Å². The summed E-state index contributed by atoms with van der Waals surface area (Å²) in [4.78, 5) is 5.05. The van der Waals surface area contributed by atoms with Crippen molar-refractivity contribution >= 4 is 5.69 Å². The van der Waals surface area contributed by atoms with Crippen LogP contribution < -0.4 is 4.90 Å². The zero-order chi connectivity index (χ0) is 10.3. The van der Waals surface area contributed by atoms with Gasteiger partial charge in [-0.3, -0.25) is 0 Å². The molecule has 2 aliphatic rings. The summed E-state index contributed by atoms with van der Waals surface area (Å²) in [5, 5.41) is 0. The predicted molar refractivity (Wildman–Crippen MR) is 63.2 cm³/mol. The summed E-state index contributed by atoms with van der Waals surface area (Å²) in [7, 11) is 2.26. The number of hydrogen-bond acceptors (Lipinski definition) is 2. The van der Waals surface area contributed by atoms with E-state index >= 15 is 0 Å². The van der Waals surface area contributed by atoms with Crippen LogP contribution in [0.4, 0.5) is 5.69 Å². The number of fused-ring (bicyclic) bond motifs is 1. The van der Waals surface area contributed by atoms with Crippen LogP contribution in [0.15, 0.2) is 30.3 Å². The molecule has 2 saturated heterocycles. The van der Waals surface area contributed by atoms with Gasteiger partial charge >= 0.3 is 0 Å². The van der Waals surface area contributed by atoms with Crippen molar-refractivity contribution in [2.75, 3.05) is 31.6 Å². The number of anilines is 1. The normalized spacial score (nSPS) is 30.9. The first-order valence-corrected chi connectivity index (χ1v) is 5.85. The van der Waals surface area contributed by atoms with Gasteiger partial charge in [-0.25, -0.2) is 0 Å². The highest BCUT2D eigenvalue weighted by molar-refractivity contribution is 5.47.